The highest BCUT2D eigenvalue weighted by Crippen LogP contribution is 2.31. The highest BCUT2D eigenvalue weighted by atomic mass is 16.1. The number of rotatable bonds is 9. The maximum Gasteiger partial charge on any atom is 0.248 e. The second kappa shape index (κ2) is 13.1. The van der Waals surface area contributed by atoms with Gasteiger partial charge < -0.3 is 21.3 Å². The number of allylic oxidation sites excluding steroid dienone is 2. The molecule has 212 valence electrons. The number of likely N-dealkylation sites (N-methyl/N-ethyl adjacent to an activating group) is 1. The van der Waals surface area contributed by atoms with Crippen molar-refractivity contribution >= 4 is 34.3 Å². The Balaban J connectivity index is 1.63. The monoisotopic (exact) mass is 550 g/mol. The summed E-state index contributed by atoms with van der Waals surface area (Å²) in [4.78, 5) is 30.3. The van der Waals surface area contributed by atoms with Crippen LogP contribution < -0.4 is 16.4 Å². The molecular weight excluding hydrogens is 512 g/mol. The minimum Gasteiger partial charge on any atom is -0.369 e. The highest BCUT2D eigenvalue weighted by Gasteiger charge is 2.22. The Labute approximate surface area is 241 Å². The van der Waals surface area contributed by atoms with Crippen LogP contribution in [0.5, 0.6) is 0 Å². The van der Waals surface area contributed by atoms with Crippen LogP contribution in [0.2, 0.25) is 0 Å². The molecule has 1 amide bonds. The molecule has 1 aliphatic rings. The Bertz CT molecular complexity index is 1560. The third kappa shape index (κ3) is 7.06. The molecule has 0 saturated carbocycles. The number of aliphatic imine (C=N–C) groups is 2. The van der Waals surface area contributed by atoms with Crippen molar-refractivity contribution in [2.75, 3.05) is 33.0 Å². The maximum atomic E-state index is 12.3. The number of aromatic nitrogens is 1. The van der Waals surface area contributed by atoms with E-state index in [9.17, 15) is 4.79 Å². The summed E-state index contributed by atoms with van der Waals surface area (Å²) in [5, 5.41) is 8.05. The first-order valence-electron chi connectivity index (χ1n) is 13.5. The predicted molar refractivity (Wildman–Crippen MR) is 169 cm³/mol. The van der Waals surface area contributed by atoms with Gasteiger partial charge in [0.2, 0.25) is 17.8 Å². The summed E-state index contributed by atoms with van der Waals surface area (Å²) in [6, 6.07) is 15.9. The number of nitrogens with two attached hydrogens (primary N) is 1. The summed E-state index contributed by atoms with van der Waals surface area (Å²) in [5.74, 6) is 1.70. The van der Waals surface area contributed by atoms with Crippen molar-refractivity contribution in [3.63, 3.8) is 0 Å². The topological polar surface area (TPSA) is 111 Å². The van der Waals surface area contributed by atoms with Crippen LogP contribution in [0, 0.1) is 5.92 Å². The van der Waals surface area contributed by atoms with Gasteiger partial charge in [-0.3, -0.25) is 14.7 Å². The fraction of sp³-hybridized carbons (Fsp3) is 0.250. The Hall–Kier alpha value is -4.76. The van der Waals surface area contributed by atoms with Gasteiger partial charge in [0.05, 0.1) is 12.2 Å². The minimum atomic E-state index is -0.164. The highest BCUT2D eigenvalue weighted by molar-refractivity contribution is 6.03. The molecule has 1 aliphatic heterocycles. The van der Waals surface area contributed by atoms with E-state index in [0.29, 0.717) is 19.0 Å². The number of benzene rings is 2. The molecule has 0 saturated heterocycles. The molecule has 4 N–H and O–H groups in total. The quantitative estimate of drug-likeness (QED) is 0.333. The molecule has 41 heavy (non-hydrogen) atoms. The van der Waals surface area contributed by atoms with Gasteiger partial charge in [0.1, 0.15) is 5.82 Å². The Morgan fingerprint density at radius 1 is 1.22 bits per heavy atom. The van der Waals surface area contributed by atoms with Gasteiger partial charge in [-0.1, -0.05) is 62.9 Å². The van der Waals surface area contributed by atoms with E-state index in [-0.39, 0.29) is 17.8 Å². The van der Waals surface area contributed by atoms with Crippen molar-refractivity contribution in [3.05, 3.63) is 96.5 Å². The molecule has 0 aliphatic carbocycles. The lowest BCUT2D eigenvalue weighted by Gasteiger charge is -2.30. The number of anilines is 1. The lowest BCUT2D eigenvalue weighted by Crippen LogP contribution is -2.46. The van der Waals surface area contributed by atoms with Crippen molar-refractivity contribution in [1.82, 2.24) is 20.1 Å². The van der Waals surface area contributed by atoms with E-state index in [1.165, 1.54) is 0 Å². The smallest absolute Gasteiger partial charge is 0.248 e. The number of fused-ring (bicyclic) bond motifs is 1. The fourth-order valence-corrected chi connectivity index (χ4v) is 4.60. The average molecular weight is 551 g/mol. The standard InChI is InChI=1S/C32H38N8O/c1-7-25(21(2)3)30-37-31(33)38-32(40(30)6)35-20-23-11-8-9-12-26(23)29-27-15-14-24(19-22(27)16-17-34-29)36-28(41)13-10-18-39(4)5/h7-17,19,21H,1,18,20H2,2-6H3,(H,36,41)(H3,33,35,37,38)/b13-10+,30-25+. The zero-order valence-corrected chi connectivity index (χ0v) is 24.3. The first-order valence-corrected chi connectivity index (χ1v) is 13.5. The van der Waals surface area contributed by atoms with Gasteiger partial charge in [0, 0.05) is 42.5 Å². The molecular formula is C32H38N8O. The van der Waals surface area contributed by atoms with Crippen LogP contribution in [0.25, 0.3) is 22.0 Å². The van der Waals surface area contributed by atoms with Crippen molar-refractivity contribution in [3.8, 4) is 11.3 Å². The second-order valence-corrected chi connectivity index (χ2v) is 10.4. The molecule has 9 nitrogen and oxygen atoms in total. The summed E-state index contributed by atoms with van der Waals surface area (Å²) in [7, 11) is 5.82. The molecule has 0 fully saturated rings. The largest absolute Gasteiger partial charge is 0.369 e. The van der Waals surface area contributed by atoms with Crippen LogP contribution in [0.4, 0.5) is 5.69 Å². The molecule has 0 bridgehead atoms. The van der Waals surface area contributed by atoms with E-state index in [0.717, 1.165) is 44.7 Å². The SMILES string of the molecule is C=C/C(=C1/NC(N)=NC(=NCc2ccccc2-c2nccc3cc(NC(=O)/C=C/CN(C)C)ccc23)N1C)C(C)C. The number of guanidine groups is 2. The number of hydrogen-bond acceptors (Lipinski definition) is 6. The van der Waals surface area contributed by atoms with Crippen LogP contribution in [-0.4, -0.2) is 60.3 Å². The van der Waals surface area contributed by atoms with Gasteiger partial charge >= 0.3 is 0 Å². The van der Waals surface area contributed by atoms with Crippen LogP contribution in [0.3, 0.4) is 0 Å². The fourth-order valence-electron chi connectivity index (χ4n) is 4.60. The van der Waals surface area contributed by atoms with Crippen LogP contribution in [0.15, 0.2) is 101 Å². The Morgan fingerprint density at radius 3 is 2.73 bits per heavy atom. The van der Waals surface area contributed by atoms with Crippen LogP contribution in [0.1, 0.15) is 19.4 Å². The molecule has 0 radical (unpaired) electrons. The second-order valence-electron chi connectivity index (χ2n) is 10.4. The van der Waals surface area contributed by atoms with E-state index in [4.69, 9.17) is 15.7 Å². The summed E-state index contributed by atoms with van der Waals surface area (Å²) in [6.07, 6.45) is 7.01. The number of carbonyl (C=O) groups is 1. The number of amides is 1. The summed E-state index contributed by atoms with van der Waals surface area (Å²) >= 11 is 0. The first-order chi connectivity index (χ1) is 19.7. The van der Waals surface area contributed by atoms with Crippen LogP contribution >= 0.6 is 0 Å². The van der Waals surface area contributed by atoms with E-state index >= 15 is 0 Å². The van der Waals surface area contributed by atoms with Gasteiger partial charge in [-0.05, 0) is 54.7 Å². The Kier molecular flexibility index (Phi) is 9.31. The number of nitrogens with zero attached hydrogens (tertiary/aromatic N) is 5. The van der Waals surface area contributed by atoms with Gasteiger partial charge in [0.25, 0.3) is 0 Å². The van der Waals surface area contributed by atoms with E-state index < -0.39 is 0 Å². The summed E-state index contributed by atoms with van der Waals surface area (Å²) < 4.78 is 0. The van der Waals surface area contributed by atoms with Gasteiger partial charge in [-0.2, -0.15) is 4.99 Å². The summed E-state index contributed by atoms with van der Waals surface area (Å²) in [6.45, 7) is 9.26. The first kappa shape index (κ1) is 29.2. The van der Waals surface area contributed by atoms with Gasteiger partial charge in [-0.25, -0.2) is 4.99 Å². The lowest BCUT2D eigenvalue weighted by molar-refractivity contribution is -0.111. The van der Waals surface area contributed by atoms with E-state index in [1.807, 2.05) is 91.6 Å². The lowest BCUT2D eigenvalue weighted by atomic mass is 9.99. The molecule has 3 aromatic rings. The minimum absolute atomic E-state index is 0.164. The molecule has 9 heteroatoms. The third-order valence-corrected chi connectivity index (χ3v) is 6.65. The number of carbonyl (C=O) groups excluding carboxylic acids is 1. The van der Waals surface area contributed by atoms with Gasteiger partial charge in [-0.15, -0.1) is 0 Å². The van der Waals surface area contributed by atoms with Crippen molar-refractivity contribution < 1.29 is 4.79 Å². The van der Waals surface area contributed by atoms with Crippen molar-refractivity contribution in [2.45, 2.75) is 20.4 Å². The maximum absolute atomic E-state index is 12.3. The number of hydrogen-bond donors (Lipinski definition) is 3. The summed E-state index contributed by atoms with van der Waals surface area (Å²) in [5.41, 5.74) is 10.7. The molecule has 0 atom stereocenters. The van der Waals surface area contributed by atoms with Gasteiger partial charge in [0.15, 0.2) is 0 Å². The van der Waals surface area contributed by atoms with Crippen LogP contribution in [-0.2, 0) is 11.3 Å². The zero-order chi connectivity index (χ0) is 29.5. The molecule has 0 unspecified atom stereocenters. The zero-order valence-electron chi connectivity index (χ0n) is 24.3. The normalized spacial score (nSPS) is 15.9. The molecule has 1 aromatic heterocycles. The van der Waals surface area contributed by atoms with E-state index in [1.54, 1.807) is 12.3 Å². The van der Waals surface area contributed by atoms with Crippen molar-refractivity contribution in [2.24, 2.45) is 21.6 Å². The molecule has 2 aromatic carbocycles. The average Bonchev–Trinajstić information content (AvgIpc) is 2.93. The molecule has 0 spiro atoms. The third-order valence-electron chi connectivity index (χ3n) is 6.65. The molecule has 4 rings (SSSR count). The Morgan fingerprint density at radius 2 is 2.00 bits per heavy atom. The number of pyridine rings is 1. The predicted octanol–water partition coefficient (Wildman–Crippen LogP) is 4.72. The number of nitrogens with one attached hydrogen (secondary N) is 2. The molecule has 2 heterocycles. The van der Waals surface area contributed by atoms with E-state index in [2.05, 4.69) is 36.1 Å². The van der Waals surface area contributed by atoms with Crippen molar-refractivity contribution in [1.29, 1.82) is 0 Å².